The van der Waals surface area contributed by atoms with Crippen LogP contribution in [0.25, 0.3) is 0 Å². The van der Waals surface area contributed by atoms with Crippen molar-refractivity contribution in [3.05, 3.63) is 28.7 Å². The van der Waals surface area contributed by atoms with E-state index in [0.717, 1.165) is 24.7 Å². The number of rotatable bonds is 6. The molecule has 1 aromatic heterocycles. The number of aldehydes is 2. The number of carbonyl (C=O) groups is 2. The molecule has 1 rings (SSSR count). The van der Waals surface area contributed by atoms with E-state index in [1.54, 1.807) is 17.4 Å². The van der Waals surface area contributed by atoms with Gasteiger partial charge in [0, 0.05) is 17.5 Å². The number of aryl methyl sites for hydroxylation is 1. The molecule has 0 amide bonds. The Kier molecular flexibility index (Phi) is 18.6. The van der Waals surface area contributed by atoms with E-state index in [-0.39, 0.29) is 0 Å². The average Bonchev–Trinajstić information content (AvgIpc) is 2.87. The number of carbonyl (C=O) groups excluding carboxylic acids is 2. The highest BCUT2D eigenvalue weighted by Crippen LogP contribution is 1.95. The standard InChI is InChI=1S/C7H12O.C5H10O.C4H5NS/c1-2-3-4-5-6-7-8;1-5(2)3-4-6;1-4-2-6-3-5-4/h5-7H,2-4H2,1H3;4-5H,3H2,1-2H3;2-3H,1H3/b6-5-;;. The van der Waals surface area contributed by atoms with Crippen LogP contribution in [0.4, 0.5) is 0 Å². The van der Waals surface area contributed by atoms with E-state index < -0.39 is 0 Å². The van der Waals surface area contributed by atoms with Crippen LogP contribution >= 0.6 is 11.3 Å². The minimum atomic E-state index is 0.530. The highest BCUT2D eigenvalue weighted by atomic mass is 32.1. The van der Waals surface area contributed by atoms with Gasteiger partial charge in [-0.2, -0.15) is 0 Å². The SMILES string of the molecule is CC(C)CC=O.CCCC/C=C\C=O.Cc1cscn1. The monoisotopic (exact) mass is 297 g/mol. The summed E-state index contributed by atoms with van der Waals surface area (Å²) in [5, 5.41) is 2.01. The third kappa shape index (κ3) is 21.9. The second kappa shape index (κ2) is 17.7. The third-order valence-electron chi connectivity index (χ3n) is 2.06. The smallest absolute Gasteiger partial charge is 0.142 e. The van der Waals surface area contributed by atoms with Gasteiger partial charge >= 0.3 is 0 Å². The lowest BCUT2D eigenvalue weighted by molar-refractivity contribution is -0.108. The Labute approximate surface area is 127 Å². The Hall–Kier alpha value is -1.29. The molecule has 4 heteroatoms. The predicted molar refractivity (Wildman–Crippen MR) is 87.1 cm³/mol. The van der Waals surface area contributed by atoms with Gasteiger partial charge in [0.2, 0.25) is 0 Å². The maximum atomic E-state index is 9.68. The topological polar surface area (TPSA) is 47.0 Å². The summed E-state index contributed by atoms with van der Waals surface area (Å²) in [6.07, 6.45) is 9.33. The molecule has 0 aliphatic rings. The van der Waals surface area contributed by atoms with Gasteiger partial charge in [-0.15, -0.1) is 11.3 Å². The second-order valence-electron chi connectivity index (χ2n) is 4.63. The summed E-state index contributed by atoms with van der Waals surface area (Å²) < 4.78 is 0. The van der Waals surface area contributed by atoms with Gasteiger partial charge in [-0.1, -0.05) is 39.7 Å². The Morgan fingerprint density at radius 1 is 1.35 bits per heavy atom. The van der Waals surface area contributed by atoms with Gasteiger partial charge in [-0.25, -0.2) is 0 Å². The normalized spacial score (nSPS) is 9.45. The zero-order valence-electron chi connectivity index (χ0n) is 13.0. The summed E-state index contributed by atoms with van der Waals surface area (Å²) in [6, 6.07) is 0. The molecule has 0 unspecified atom stereocenters. The molecule has 0 saturated carbocycles. The fourth-order valence-corrected chi connectivity index (χ4v) is 1.48. The van der Waals surface area contributed by atoms with Gasteiger partial charge < -0.3 is 4.79 Å². The molecule has 0 radical (unpaired) electrons. The first-order valence-electron chi connectivity index (χ1n) is 6.97. The van der Waals surface area contributed by atoms with Crippen LogP contribution in [-0.4, -0.2) is 17.6 Å². The van der Waals surface area contributed by atoms with Crippen LogP contribution in [0.3, 0.4) is 0 Å². The van der Waals surface area contributed by atoms with E-state index in [9.17, 15) is 9.59 Å². The van der Waals surface area contributed by atoms with Gasteiger partial charge in [0.25, 0.3) is 0 Å². The summed E-state index contributed by atoms with van der Waals surface area (Å²) in [5.41, 5.74) is 2.94. The van der Waals surface area contributed by atoms with Gasteiger partial charge in [-0.3, -0.25) is 9.78 Å². The molecule has 1 heterocycles. The molecule has 0 aliphatic carbocycles. The van der Waals surface area contributed by atoms with Crippen LogP contribution in [-0.2, 0) is 9.59 Å². The number of aromatic nitrogens is 1. The first kappa shape index (κ1) is 21.0. The van der Waals surface area contributed by atoms with Gasteiger partial charge in [0.1, 0.15) is 12.6 Å². The van der Waals surface area contributed by atoms with E-state index in [2.05, 4.69) is 11.9 Å². The maximum Gasteiger partial charge on any atom is 0.142 e. The summed E-state index contributed by atoms with van der Waals surface area (Å²) >= 11 is 1.63. The summed E-state index contributed by atoms with van der Waals surface area (Å²) in [5.74, 6) is 0.530. The molecule has 0 saturated heterocycles. The Balaban J connectivity index is 0. The van der Waals surface area contributed by atoms with Crippen LogP contribution in [0.2, 0.25) is 0 Å². The quantitative estimate of drug-likeness (QED) is 0.437. The van der Waals surface area contributed by atoms with E-state index in [1.165, 1.54) is 12.8 Å². The summed E-state index contributed by atoms with van der Waals surface area (Å²) in [7, 11) is 0. The molecule has 0 aliphatic heterocycles. The van der Waals surface area contributed by atoms with Crippen molar-refractivity contribution in [2.75, 3.05) is 0 Å². The van der Waals surface area contributed by atoms with Gasteiger partial charge in [0.15, 0.2) is 0 Å². The number of unbranched alkanes of at least 4 members (excludes halogenated alkanes) is 2. The molecule has 20 heavy (non-hydrogen) atoms. The molecule has 0 fully saturated rings. The van der Waals surface area contributed by atoms with Crippen LogP contribution < -0.4 is 0 Å². The maximum absolute atomic E-state index is 9.68. The van der Waals surface area contributed by atoms with Crippen molar-refractivity contribution in [2.45, 2.75) is 53.4 Å². The molecule has 114 valence electrons. The predicted octanol–water partition coefficient (Wildman–Crippen LogP) is 4.61. The van der Waals surface area contributed by atoms with Crippen molar-refractivity contribution in [3.63, 3.8) is 0 Å². The zero-order chi connectivity index (χ0) is 15.6. The highest BCUT2D eigenvalue weighted by molar-refractivity contribution is 7.07. The Morgan fingerprint density at radius 3 is 2.30 bits per heavy atom. The first-order valence-corrected chi connectivity index (χ1v) is 7.91. The van der Waals surface area contributed by atoms with Crippen molar-refractivity contribution in [2.24, 2.45) is 5.92 Å². The van der Waals surface area contributed by atoms with Crippen molar-refractivity contribution in [1.29, 1.82) is 0 Å². The number of hydrogen-bond donors (Lipinski definition) is 0. The molecule has 0 bridgehead atoms. The van der Waals surface area contributed by atoms with Crippen LogP contribution in [0, 0.1) is 12.8 Å². The molecule has 1 aromatic rings. The van der Waals surface area contributed by atoms with E-state index in [0.29, 0.717) is 12.3 Å². The van der Waals surface area contributed by atoms with E-state index in [4.69, 9.17) is 0 Å². The number of allylic oxidation sites excluding steroid dienone is 2. The average molecular weight is 297 g/mol. The van der Waals surface area contributed by atoms with Crippen LogP contribution in [0.15, 0.2) is 23.0 Å². The molecule has 0 atom stereocenters. The van der Waals surface area contributed by atoms with Crippen LogP contribution in [0.1, 0.15) is 52.1 Å². The largest absolute Gasteiger partial charge is 0.303 e. The van der Waals surface area contributed by atoms with E-state index in [1.807, 2.05) is 37.7 Å². The summed E-state index contributed by atoms with van der Waals surface area (Å²) in [4.78, 5) is 23.2. The third-order valence-corrected chi connectivity index (χ3v) is 2.77. The van der Waals surface area contributed by atoms with Gasteiger partial charge in [0.05, 0.1) is 5.51 Å². The molecule has 0 aromatic carbocycles. The molecule has 0 spiro atoms. The number of nitrogens with zero attached hydrogens (tertiary/aromatic N) is 1. The number of hydrogen-bond acceptors (Lipinski definition) is 4. The lowest BCUT2D eigenvalue weighted by Gasteiger charge is -1.89. The molecular weight excluding hydrogens is 270 g/mol. The van der Waals surface area contributed by atoms with Gasteiger partial charge in [-0.05, 0) is 25.3 Å². The van der Waals surface area contributed by atoms with Crippen molar-refractivity contribution < 1.29 is 9.59 Å². The lowest BCUT2D eigenvalue weighted by Crippen LogP contribution is -1.84. The Bertz CT molecular complexity index is 332. The van der Waals surface area contributed by atoms with Crippen molar-refractivity contribution in [3.8, 4) is 0 Å². The summed E-state index contributed by atoms with van der Waals surface area (Å²) in [6.45, 7) is 8.16. The van der Waals surface area contributed by atoms with Crippen molar-refractivity contribution in [1.82, 2.24) is 4.98 Å². The first-order chi connectivity index (χ1) is 9.58. The second-order valence-corrected chi connectivity index (χ2v) is 5.35. The zero-order valence-corrected chi connectivity index (χ0v) is 13.9. The molecule has 3 nitrogen and oxygen atoms in total. The fraction of sp³-hybridized carbons (Fsp3) is 0.562. The lowest BCUT2D eigenvalue weighted by atomic mass is 10.2. The highest BCUT2D eigenvalue weighted by Gasteiger charge is 1.85. The van der Waals surface area contributed by atoms with E-state index >= 15 is 0 Å². The minimum Gasteiger partial charge on any atom is -0.303 e. The van der Waals surface area contributed by atoms with Crippen molar-refractivity contribution >= 4 is 23.9 Å². The fourth-order valence-electron chi connectivity index (χ4n) is 0.939. The minimum absolute atomic E-state index is 0.530. The Morgan fingerprint density at radius 2 is 2.05 bits per heavy atom. The number of thiazole rings is 1. The van der Waals surface area contributed by atoms with Crippen LogP contribution in [0.5, 0.6) is 0 Å². The molecular formula is C16H27NO2S. The molecule has 0 N–H and O–H groups in total.